The molecular formula is C16H29NO2. The molecule has 1 unspecified atom stereocenters. The van der Waals surface area contributed by atoms with Gasteiger partial charge in [0.05, 0.1) is 0 Å². The van der Waals surface area contributed by atoms with Crippen LogP contribution in [-0.4, -0.2) is 34.6 Å². The summed E-state index contributed by atoms with van der Waals surface area (Å²) in [5, 5.41) is 9.89. The topological polar surface area (TPSA) is 40.5 Å². The highest BCUT2D eigenvalue weighted by Crippen LogP contribution is 2.41. The number of likely N-dealkylation sites (tertiary alicyclic amines) is 1. The molecular weight excluding hydrogens is 238 g/mol. The lowest BCUT2D eigenvalue weighted by Crippen LogP contribution is -2.54. The van der Waals surface area contributed by atoms with Crippen molar-refractivity contribution in [1.82, 2.24) is 4.90 Å². The monoisotopic (exact) mass is 267 g/mol. The van der Waals surface area contributed by atoms with Crippen LogP contribution in [0.1, 0.15) is 71.6 Å². The maximum absolute atomic E-state index is 12.0. The third-order valence-corrected chi connectivity index (χ3v) is 5.27. The summed E-state index contributed by atoms with van der Waals surface area (Å²) >= 11 is 0. The Balaban J connectivity index is 2.19. The highest BCUT2D eigenvalue weighted by atomic mass is 16.4. The van der Waals surface area contributed by atoms with E-state index in [9.17, 15) is 9.90 Å². The van der Waals surface area contributed by atoms with Gasteiger partial charge in [-0.05, 0) is 57.0 Å². The minimum absolute atomic E-state index is 0.309. The fourth-order valence-electron chi connectivity index (χ4n) is 3.82. The van der Waals surface area contributed by atoms with Gasteiger partial charge in [0, 0.05) is 0 Å². The summed E-state index contributed by atoms with van der Waals surface area (Å²) in [7, 11) is 0. The molecule has 0 aromatic heterocycles. The molecule has 1 N–H and O–H groups in total. The van der Waals surface area contributed by atoms with Gasteiger partial charge in [0.15, 0.2) is 0 Å². The third-order valence-electron chi connectivity index (χ3n) is 5.27. The summed E-state index contributed by atoms with van der Waals surface area (Å²) in [6.07, 6.45) is 9.77. The van der Waals surface area contributed by atoms with Gasteiger partial charge in [-0.25, -0.2) is 0 Å². The molecule has 1 heterocycles. The molecule has 0 bridgehead atoms. The van der Waals surface area contributed by atoms with Gasteiger partial charge in [-0.15, -0.1) is 0 Å². The Morgan fingerprint density at radius 2 is 1.53 bits per heavy atom. The van der Waals surface area contributed by atoms with E-state index in [0.29, 0.717) is 5.41 Å². The molecule has 1 aliphatic heterocycles. The van der Waals surface area contributed by atoms with E-state index in [2.05, 4.69) is 18.7 Å². The molecule has 1 saturated heterocycles. The van der Waals surface area contributed by atoms with Gasteiger partial charge < -0.3 is 5.11 Å². The fraction of sp³-hybridized carbons (Fsp3) is 0.938. The van der Waals surface area contributed by atoms with Crippen molar-refractivity contribution in [1.29, 1.82) is 0 Å². The van der Waals surface area contributed by atoms with E-state index in [-0.39, 0.29) is 0 Å². The summed E-state index contributed by atoms with van der Waals surface area (Å²) < 4.78 is 0. The van der Waals surface area contributed by atoms with E-state index in [0.717, 1.165) is 45.2 Å². The number of carboxylic acid groups (broad SMARTS) is 1. The molecule has 1 saturated carbocycles. The zero-order valence-electron chi connectivity index (χ0n) is 12.6. The number of hydrogen-bond acceptors (Lipinski definition) is 2. The van der Waals surface area contributed by atoms with Gasteiger partial charge in [-0.1, -0.05) is 33.1 Å². The van der Waals surface area contributed by atoms with Gasteiger partial charge in [-0.3, -0.25) is 9.69 Å². The van der Waals surface area contributed by atoms with Crippen molar-refractivity contribution < 1.29 is 9.90 Å². The van der Waals surface area contributed by atoms with Crippen LogP contribution in [0.25, 0.3) is 0 Å². The predicted molar refractivity (Wildman–Crippen MR) is 77.3 cm³/mol. The first-order valence-electron chi connectivity index (χ1n) is 7.95. The second-order valence-electron chi connectivity index (χ2n) is 7.26. The summed E-state index contributed by atoms with van der Waals surface area (Å²) in [5.74, 6) is -0.577. The predicted octanol–water partition coefficient (Wildman–Crippen LogP) is 3.68. The highest BCUT2D eigenvalue weighted by Gasteiger charge is 2.46. The van der Waals surface area contributed by atoms with Crippen molar-refractivity contribution in [3.63, 3.8) is 0 Å². The van der Waals surface area contributed by atoms with Crippen molar-refractivity contribution in [3.8, 4) is 0 Å². The van der Waals surface area contributed by atoms with Crippen LogP contribution >= 0.6 is 0 Å². The molecule has 0 radical (unpaired) electrons. The molecule has 3 heteroatoms. The molecule has 3 nitrogen and oxygen atoms in total. The van der Waals surface area contributed by atoms with E-state index < -0.39 is 11.5 Å². The molecule has 0 spiro atoms. The quantitative estimate of drug-likeness (QED) is 0.776. The van der Waals surface area contributed by atoms with Gasteiger partial charge in [0.2, 0.25) is 0 Å². The minimum atomic E-state index is -0.577. The van der Waals surface area contributed by atoms with Crippen LogP contribution in [-0.2, 0) is 4.79 Å². The molecule has 0 aromatic rings. The van der Waals surface area contributed by atoms with Gasteiger partial charge in [0.1, 0.15) is 5.54 Å². The summed E-state index contributed by atoms with van der Waals surface area (Å²) in [6, 6.07) is 0. The lowest BCUT2D eigenvalue weighted by Gasteiger charge is -2.40. The Morgan fingerprint density at radius 1 is 0.895 bits per heavy atom. The Hall–Kier alpha value is -0.570. The molecule has 0 aromatic carbocycles. The van der Waals surface area contributed by atoms with E-state index >= 15 is 0 Å². The van der Waals surface area contributed by atoms with Gasteiger partial charge >= 0.3 is 5.97 Å². The van der Waals surface area contributed by atoms with Gasteiger partial charge in [0.25, 0.3) is 0 Å². The van der Waals surface area contributed by atoms with E-state index in [1.807, 2.05) is 0 Å². The minimum Gasteiger partial charge on any atom is -0.480 e. The van der Waals surface area contributed by atoms with Crippen LogP contribution in [0.3, 0.4) is 0 Å². The number of aliphatic carboxylic acids is 1. The second-order valence-corrected chi connectivity index (χ2v) is 7.26. The van der Waals surface area contributed by atoms with Crippen molar-refractivity contribution in [3.05, 3.63) is 0 Å². The number of rotatable bonds is 2. The average molecular weight is 267 g/mol. The van der Waals surface area contributed by atoms with Crippen molar-refractivity contribution in [2.75, 3.05) is 13.1 Å². The first-order valence-corrected chi connectivity index (χ1v) is 7.95. The van der Waals surface area contributed by atoms with Crippen LogP contribution < -0.4 is 0 Å². The lowest BCUT2D eigenvalue weighted by atomic mass is 9.83. The van der Waals surface area contributed by atoms with Crippen LogP contribution in [0.4, 0.5) is 0 Å². The third kappa shape index (κ3) is 3.31. The number of carbonyl (C=O) groups is 1. The van der Waals surface area contributed by atoms with E-state index in [4.69, 9.17) is 0 Å². The van der Waals surface area contributed by atoms with Crippen molar-refractivity contribution >= 4 is 5.97 Å². The van der Waals surface area contributed by atoms with Crippen molar-refractivity contribution in [2.45, 2.75) is 77.2 Å². The van der Waals surface area contributed by atoms with E-state index in [1.165, 1.54) is 25.7 Å². The first kappa shape index (κ1) is 14.8. The average Bonchev–Trinajstić information content (AvgIpc) is 2.68. The molecule has 1 aliphatic carbocycles. The molecule has 19 heavy (non-hydrogen) atoms. The largest absolute Gasteiger partial charge is 0.480 e. The van der Waals surface area contributed by atoms with Crippen LogP contribution in [0.5, 0.6) is 0 Å². The van der Waals surface area contributed by atoms with Crippen LogP contribution in [0.2, 0.25) is 0 Å². The zero-order chi connectivity index (χ0) is 13.9. The summed E-state index contributed by atoms with van der Waals surface area (Å²) in [6.45, 7) is 6.53. The van der Waals surface area contributed by atoms with Crippen LogP contribution in [0, 0.1) is 5.41 Å². The SMILES string of the molecule is CC1(C)CCCC(C(=O)O)(N2CCCCCC2)CC1. The molecule has 110 valence electrons. The Bertz CT molecular complexity index is 319. The second kappa shape index (κ2) is 5.82. The van der Waals surface area contributed by atoms with Gasteiger partial charge in [-0.2, -0.15) is 0 Å². The summed E-state index contributed by atoms with van der Waals surface area (Å²) in [4.78, 5) is 14.3. The maximum atomic E-state index is 12.0. The Kier molecular flexibility index (Phi) is 4.54. The number of hydrogen-bond donors (Lipinski definition) is 1. The molecule has 2 aliphatic rings. The standard InChI is InChI=1S/C16H29NO2/c1-15(2)8-7-9-16(11-10-15,14(18)19)17-12-5-3-4-6-13-17/h3-13H2,1-2H3,(H,18,19). The highest BCUT2D eigenvalue weighted by molar-refractivity contribution is 5.78. The smallest absolute Gasteiger partial charge is 0.324 e. The number of nitrogens with zero attached hydrogens (tertiary/aromatic N) is 1. The Labute approximate surface area is 117 Å². The van der Waals surface area contributed by atoms with Crippen molar-refractivity contribution in [2.24, 2.45) is 5.41 Å². The molecule has 2 fully saturated rings. The zero-order valence-corrected chi connectivity index (χ0v) is 12.6. The number of carboxylic acids is 1. The normalized spacial score (nSPS) is 33.4. The molecule has 2 rings (SSSR count). The van der Waals surface area contributed by atoms with Crippen LogP contribution in [0.15, 0.2) is 0 Å². The Morgan fingerprint density at radius 3 is 2.11 bits per heavy atom. The maximum Gasteiger partial charge on any atom is 0.324 e. The molecule has 0 amide bonds. The fourth-order valence-corrected chi connectivity index (χ4v) is 3.82. The summed E-state index contributed by atoms with van der Waals surface area (Å²) in [5.41, 5.74) is -0.263. The van der Waals surface area contributed by atoms with E-state index in [1.54, 1.807) is 0 Å². The lowest BCUT2D eigenvalue weighted by molar-refractivity contribution is -0.153. The first-order chi connectivity index (χ1) is 8.96. The molecule has 1 atom stereocenters.